The number of carbonyl (C=O) groups excluding carboxylic acids is 1. The molecule has 3 rings (SSSR count). The first-order valence-corrected chi connectivity index (χ1v) is 10.4. The molecule has 4 nitrogen and oxygen atoms in total. The van der Waals surface area contributed by atoms with Crippen LogP contribution in [-0.4, -0.2) is 29.6 Å². The standard InChI is InChI=1S/C22H33NO3/c1-3-12-25-21-16-23-19(4-2)14-17(21)9-11-22(18-7-5-6-8-18)15-20(24)10-13-26-22/h14,16,18H,3-13,15H2,1-2H3. The van der Waals surface area contributed by atoms with Gasteiger partial charge in [0.1, 0.15) is 11.5 Å². The molecule has 2 fully saturated rings. The van der Waals surface area contributed by atoms with Crippen molar-refractivity contribution < 1.29 is 14.3 Å². The van der Waals surface area contributed by atoms with Crippen LogP contribution >= 0.6 is 0 Å². The Bertz CT molecular complexity index is 609. The Labute approximate surface area is 157 Å². The molecule has 4 heteroatoms. The summed E-state index contributed by atoms with van der Waals surface area (Å²) in [5.41, 5.74) is 2.05. The average Bonchev–Trinajstić information content (AvgIpc) is 3.20. The summed E-state index contributed by atoms with van der Waals surface area (Å²) in [5.74, 6) is 1.79. The number of nitrogens with zero attached hydrogens (tertiary/aromatic N) is 1. The van der Waals surface area contributed by atoms with E-state index in [0.29, 0.717) is 37.8 Å². The van der Waals surface area contributed by atoms with E-state index >= 15 is 0 Å². The van der Waals surface area contributed by atoms with Gasteiger partial charge in [0.15, 0.2) is 0 Å². The fourth-order valence-electron chi connectivity index (χ4n) is 4.53. The molecule has 0 aromatic carbocycles. The number of ether oxygens (including phenoxy) is 2. The Hall–Kier alpha value is -1.42. The molecule has 2 aliphatic rings. The van der Waals surface area contributed by atoms with Crippen LogP contribution in [0.1, 0.15) is 76.5 Å². The summed E-state index contributed by atoms with van der Waals surface area (Å²) in [4.78, 5) is 16.7. The molecule has 144 valence electrons. The predicted molar refractivity (Wildman–Crippen MR) is 103 cm³/mol. The number of hydrogen-bond acceptors (Lipinski definition) is 4. The number of aryl methyl sites for hydroxylation is 2. The maximum Gasteiger partial charge on any atom is 0.140 e. The topological polar surface area (TPSA) is 48.4 Å². The van der Waals surface area contributed by atoms with Crippen molar-refractivity contribution in [3.8, 4) is 5.75 Å². The molecule has 1 aliphatic heterocycles. The van der Waals surface area contributed by atoms with E-state index in [-0.39, 0.29) is 5.60 Å². The smallest absolute Gasteiger partial charge is 0.140 e. The maximum absolute atomic E-state index is 12.2. The van der Waals surface area contributed by atoms with E-state index in [9.17, 15) is 4.79 Å². The zero-order valence-corrected chi connectivity index (χ0v) is 16.4. The van der Waals surface area contributed by atoms with E-state index in [2.05, 4.69) is 24.9 Å². The molecule has 1 aliphatic carbocycles. The van der Waals surface area contributed by atoms with Crippen LogP contribution in [-0.2, 0) is 22.4 Å². The fourth-order valence-corrected chi connectivity index (χ4v) is 4.53. The number of Topliss-reactive ketones (excluding diaryl/α,β-unsaturated/α-hetero) is 1. The highest BCUT2D eigenvalue weighted by atomic mass is 16.5. The van der Waals surface area contributed by atoms with Gasteiger partial charge in [0.2, 0.25) is 0 Å². The summed E-state index contributed by atoms with van der Waals surface area (Å²) < 4.78 is 12.3. The Morgan fingerprint density at radius 2 is 2.12 bits per heavy atom. The Balaban J connectivity index is 1.78. The molecule has 2 heterocycles. The van der Waals surface area contributed by atoms with E-state index in [1.165, 1.54) is 31.2 Å². The molecule has 1 aromatic rings. The lowest BCUT2D eigenvalue weighted by molar-refractivity contribution is -0.151. The molecule has 26 heavy (non-hydrogen) atoms. The summed E-state index contributed by atoms with van der Waals surface area (Å²) in [6.45, 7) is 5.54. The van der Waals surface area contributed by atoms with E-state index in [1.54, 1.807) is 0 Å². The highest BCUT2D eigenvalue weighted by Crippen LogP contribution is 2.44. The average molecular weight is 360 g/mol. The predicted octanol–water partition coefficient (Wildman–Crippen LogP) is 4.67. The third kappa shape index (κ3) is 4.46. The molecule has 0 N–H and O–H groups in total. The zero-order chi connectivity index (χ0) is 18.4. The summed E-state index contributed by atoms with van der Waals surface area (Å²) in [6.07, 6.45) is 11.7. The molecular formula is C22H33NO3. The van der Waals surface area contributed by atoms with Crippen LogP contribution in [0.5, 0.6) is 5.75 Å². The molecule has 0 radical (unpaired) electrons. The van der Waals surface area contributed by atoms with Gasteiger partial charge in [-0.15, -0.1) is 0 Å². The van der Waals surface area contributed by atoms with Gasteiger partial charge in [-0.05, 0) is 56.1 Å². The van der Waals surface area contributed by atoms with Crippen LogP contribution < -0.4 is 4.74 Å². The van der Waals surface area contributed by atoms with Gasteiger partial charge in [0.25, 0.3) is 0 Å². The van der Waals surface area contributed by atoms with Crippen molar-refractivity contribution in [2.24, 2.45) is 5.92 Å². The van der Waals surface area contributed by atoms with Gasteiger partial charge in [0.05, 0.1) is 25.0 Å². The van der Waals surface area contributed by atoms with Crippen molar-refractivity contribution in [1.82, 2.24) is 4.98 Å². The second-order valence-electron chi connectivity index (χ2n) is 7.85. The molecule has 0 spiro atoms. The Morgan fingerprint density at radius 3 is 2.81 bits per heavy atom. The number of ketones is 1. The highest BCUT2D eigenvalue weighted by Gasteiger charge is 2.44. The molecule has 1 unspecified atom stereocenters. The van der Waals surface area contributed by atoms with Crippen LogP contribution in [0.15, 0.2) is 12.3 Å². The van der Waals surface area contributed by atoms with Crippen molar-refractivity contribution in [2.45, 2.75) is 83.7 Å². The van der Waals surface area contributed by atoms with Gasteiger partial charge in [-0.1, -0.05) is 26.7 Å². The first-order valence-electron chi connectivity index (χ1n) is 10.4. The van der Waals surface area contributed by atoms with E-state index < -0.39 is 0 Å². The van der Waals surface area contributed by atoms with E-state index in [0.717, 1.165) is 37.1 Å². The minimum Gasteiger partial charge on any atom is -0.492 e. The van der Waals surface area contributed by atoms with Crippen LogP contribution in [0, 0.1) is 5.92 Å². The summed E-state index contributed by atoms with van der Waals surface area (Å²) in [6, 6.07) is 2.18. The van der Waals surface area contributed by atoms with Crippen molar-refractivity contribution in [3.63, 3.8) is 0 Å². The van der Waals surface area contributed by atoms with E-state index in [4.69, 9.17) is 9.47 Å². The molecule has 0 bridgehead atoms. The number of aromatic nitrogens is 1. The third-order valence-corrected chi connectivity index (χ3v) is 6.01. The van der Waals surface area contributed by atoms with Crippen LogP contribution in [0.2, 0.25) is 0 Å². The van der Waals surface area contributed by atoms with Gasteiger partial charge in [-0.25, -0.2) is 0 Å². The van der Waals surface area contributed by atoms with Gasteiger partial charge < -0.3 is 9.47 Å². The van der Waals surface area contributed by atoms with Crippen LogP contribution in [0.25, 0.3) is 0 Å². The van der Waals surface area contributed by atoms with Crippen molar-refractivity contribution in [3.05, 3.63) is 23.5 Å². The fraction of sp³-hybridized carbons (Fsp3) is 0.727. The molecule has 1 saturated heterocycles. The lowest BCUT2D eigenvalue weighted by Crippen LogP contribution is -2.46. The Morgan fingerprint density at radius 1 is 1.31 bits per heavy atom. The third-order valence-electron chi connectivity index (χ3n) is 6.01. The summed E-state index contributed by atoms with van der Waals surface area (Å²) >= 11 is 0. The zero-order valence-electron chi connectivity index (χ0n) is 16.4. The molecule has 1 saturated carbocycles. The minimum atomic E-state index is -0.260. The molecule has 1 aromatic heterocycles. The highest BCUT2D eigenvalue weighted by molar-refractivity contribution is 5.80. The number of rotatable bonds is 8. The first-order chi connectivity index (χ1) is 12.7. The number of carbonyl (C=O) groups is 1. The van der Waals surface area contributed by atoms with Gasteiger partial charge >= 0.3 is 0 Å². The van der Waals surface area contributed by atoms with Crippen molar-refractivity contribution in [1.29, 1.82) is 0 Å². The van der Waals surface area contributed by atoms with E-state index in [1.807, 2.05) is 6.20 Å². The van der Waals surface area contributed by atoms with Gasteiger partial charge in [-0.2, -0.15) is 0 Å². The second-order valence-corrected chi connectivity index (χ2v) is 7.85. The largest absolute Gasteiger partial charge is 0.492 e. The SMILES string of the molecule is CCCOc1cnc(CC)cc1CCC1(C2CCCC2)CC(=O)CCO1. The quantitative estimate of drug-likeness (QED) is 0.676. The van der Waals surface area contributed by atoms with Crippen LogP contribution in [0.4, 0.5) is 0 Å². The summed E-state index contributed by atoms with van der Waals surface area (Å²) in [7, 11) is 0. The first kappa shape index (κ1) is 19.3. The van der Waals surface area contributed by atoms with Crippen molar-refractivity contribution >= 4 is 5.78 Å². The van der Waals surface area contributed by atoms with Crippen LogP contribution in [0.3, 0.4) is 0 Å². The summed E-state index contributed by atoms with van der Waals surface area (Å²) in [5, 5.41) is 0. The minimum absolute atomic E-state index is 0.260. The van der Waals surface area contributed by atoms with Crippen molar-refractivity contribution in [2.75, 3.05) is 13.2 Å². The van der Waals surface area contributed by atoms with Gasteiger partial charge in [-0.3, -0.25) is 9.78 Å². The molecule has 1 atom stereocenters. The maximum atomic E-state index is 12.2. The molecular weight excluding hydrogens is 326 g/mol. The normalized spacial score (nSPS) is 24.2. The lowest BCUT2D eigenvalue weighted by Gasteiger charge is -2.42. The number of hydrogen-bond donors (Lipinski definition) is 0. The monoisotopic (exact) mass is 359 g/mol. The number of pyridine rings is 1. The molecule has 0 amide bonds. The second kappa shape index (κ2) is 8.98. The Kier molecular flexibility index (Phi) is 6.68. The lowest BCUT2D eigenvalue weighted by atomic mass is 9.76. The van der Waals surface area contributed by atoms with Gasteiger partial charge in [0, 0.05) is 18.5 Å².